The SMILES string of the molecule is Cc1ccc(/C=C(/C#N)S(=O)(=O)c2ccccc2)o1. The van der Waals surface area contributed by atoms with Crippen molar-refractivity contribution in [2.24, 2.45) is 0 Å². The molecule has 0 aliphatic heterocycles. The molecule has 0 saturated carbocycles. The highest BCUT2D eigenvalue weighted by atomic mass is 32.2. The predicted octanol–water partition coefficient (Wildman–Crippen LogP) is 2.93. The van der Waals surface area contributed by atoms with Crippen LogP contribution in [0.3, 0.4) is 0 Å². The van der Waals surface area contributed by atoms with Gasteiger partial charge < -0.3 is 4.42 Å². The number of benzene rings is 1. The van der Waals surface area contributed by atoms with Crippen LogP contribution in [-0.4, -0.2) is 8.42 Å². The third-order valence-corrected chi connectivity index (χ3v) is 4.17. The molecule has 0 fully saturated rings. The largest absolute Gasteiger partial charge is 0.462 e. The summed E-state index contributed by atoms with van der Waals surface area (Å²) in [5, 5.41) is 9.05. The molecule has 0 atom stereocenters. The summed E-state index contributed by atoms with van der Waals surface area (Å²) < 4.78 is 29.7. The minimum absolute atomic E-state index is 0.0890. The minimum atomic E-state index is -3.80. The van der Waals surface area contributed by atoms with E-state index in [1.54, 1.807) is 43.3 Å². The fourth-order valence-electron chi connectivity index (χ4n) is 1.56. The van der Waals surface area contributed by atoms with Crippen LogP contribution in [-0.2, 0) is 9.84 Å². The quantitative estimate of drug-likeness (QED) is 0.806. The van der Waals surface area contributed by atoms with Crippen molar-refractivity contribution < 1.29 is 12.8 Å². The Labute approximate surface area is 111 Å². The molecule has 0 radical (unpaired) electrons. The van der Waals surface area contributed by atoms with Crippen LogP contribution in [0.2, 0.25) is 0 Å². The average molecular weight is 273 g/mol. The number of hydrogen-bond acceptors (Lipinski definition) is 4. The van der Waals surface area contributed by atoms with Crippen molar-refractivity contribution in [3.8, 4) is 6.07 Å². The molecule has 1 aromatic carbocycles. The van der Waals surface area contributed by atoms with E-state index in [-0.39, 0.29) is 9.80 Å². The van der Waals surface area contributed by atoms with E-state index in [0.717, 1.165) is 0 Å². The number of sulfone groups is 1. The Bertz CT molecular complexity index is 749. The number of nitrogens with zero attached hydrogens (tertiary/aromatic N) is 1. The number of hydrogen-bond donors (Lipinski definition) is 0. The molecule has 0 bridgehead atoms. The second-order valence-electron chi connectivity index (χ2n) is 3.89. The highest BCUT2D eigenvalue weighted by Crippen LogP contribution is 2.21. The first-order valence-corrected chi connectivity index (χ1v) is 7.01. The lowest BCUT2D eigenvalue weighted by Gasteiger charge is -2.01. The van der Waals surface area contributed by atoms with Crippen molar-refractivity contribution in [3.05, 3.63) is 58.9 Å². The molecule has 0 unspecified atom stereocenters. The molecule has 0 aliphatic rings. The molecule has 0 spiro atoms. The van der Waals surface area contributed by atoms with Crippen molar-refractivity contribution in [2.75, 3.05) is 0 Å². The van der Waals surface area contributed by atoms with Gasteiger partial charge in [-0.05, 0) is 31.2 Å². The first-order chi connectivity index (χ1) is 9.04. The Morgan fingerprint density at radius 3 is 2.42 bits per heavy atom. The van der Waals surface area contributed by atoms with Gasteiger partial charge in [0.25, 0.3) is 0 Å². The van der Waals surface area contributed by atoms with E-state index in [1.165, 1.54) is 18.2 Å². The topological polar surface area (TPSA) is 71.1 Å². The number of allylic oxidation sites excluding steroid dienone is 1. The Balaban J connectivity index is 2.49. The maximum atomic E-state index is 12.2. The van der Waals surface area contributed by atoms with Gasteiger partial charge in [-0.3, -0.25) is 0 Å². The summed E-state index contributed by atoms with van der Waals surface area (Å²) in [6.45, 7) is 1.75. The molecule has 4 nitrogen and oxygen atoms in total. The zero-order chi connectivity index (χ0) is 13.9. The average Bonchev–Trinajstić information content (AvgIpc) is 2.82. The molecule has 0 aliphatic carbocycles. The fourth-order valence-corrected chi connectivity index (χ4v) is 2.72. The molecule has 96 valence electrons. The van der Waals surface area contributed by atoms with Gasteiger partial charge in [-0.15, -0.1) is 0 Å². The summed E-state index contributed by atoms with van der Waals surface area (Å²) in [6, 6.07) is 12.9. The van der Waals surface area contributed by atoms with Gasteiger partial charge in [0.15, 0.2) is 4.91 Å². The third kappa shape index (κ3) is 2.75. The molecule has 19 heavy (non-hydrogen) atoms. The van der Waals surface area contributed by atoms with Crippen molar-refractivity contribution >= 4 is 15.9 Å². The lowest BCUT2D eigenvalue weighted by Crippen LogP contribution is -2.03. The van der Waals surface area contributed by atoms with E-state index in [4.69, 9.17) is 9.68 Å². The van der Waals surface area contributed by atoms with Crippen molar-refractivity contribution in [1.29, 1.82) is 5.26 Å². The van der Waals surface area contributed by atoms with Gasteiger partial charge in [-0.1, -0.05) is 18.2 Å². The summed E-state index contributed by atoms with van der Waals surface area (Å²) in [5.74, 6) is 0.995. The number of rotatable bonds is 3. The molecule has 0 saturated heterocycles. The van der Waals surface area contributed by atoms with E-state index >= 15 is 0 Å². The van der Waals surface area contributed by atoms with Gasteiger partial charge in [-0.2, -0.15) is 5.26 Å². The lowest BCUT2D eigenvalue weighted by atomic mass is 10.4. The molecular weight excluding hydrogens is 262 g/mol. The monoisotopic (exact) mass is 273 g/mol. The number of furan rings is 1. The highest BCUT2D eigenvalue weighted by molar-refractivity contribution is 7.95. The minimum Gasteiger partial charge on any atom is -0.462 e. The van der Waals surface area contributed by atoms with Crippen LogP contribution in [0.5, 0.6) is 0 Å². The molecule has 1 heterocycles. The van der Waals surface area contributed by atoms with Crippen LogP contribution in [0.1, 0.15) is 11.5 Å². The first-order valence-electron chi connectivity index (χ1n) is 5.52. The van der Waals surface area contributed by atoms with Crippen molar-refractivity contribution in [3.63, 3.8) is 0 Å². The molecule has 2 aromatic rings. The summed E-state index contributed by atoms with van der Waals surface area (Å²) in [7, 11) is -3.80. The van der Waals surface area contributed by atoms with Gasteiger partial charge >= 0.3 is 0 Å². The van der Waals surface area contributed by atoms with Crippen molar-refractivity contribution in [1.82, 2.24) is 0 Å². The molecule has 5 heteroatoms. The summed E-state index contributed by atoms with van der Waals surface area (Å²) in [6.07, 6.45) is 1.23. The smallest absolute Gasteiger partial charge is 0.216 e. The highest BCUT2D eigenvalue weighted by Gasteiger charge is 2.20. The maximum Gasteiger partial charge on any atom is 0.216 e. The zero-order valence-electron chi connectivity index (χ0n) is 10.2. The van der Waals surface area contributed by atoms with Crippen LogP contribution in [0, 0.1) is 18.3 Å². The lowest BCUT2D eigenvalue weighted by molar-refractivity contribution is 0.525. The second kappa shape index (κ2) is 5.12. The molecule has 2 rings (SSSR count). The summed E-state index contributed by atoms with van der Waals surface area (Å²) in [5.41, 5.74) is 0. The van der Waals surface area contributed by atoms with E-state index in [1.807, 2.05) is 0 Å². The van der Waals surface area contributed by atoms with Crippen molar-refractivity contribution in [2.45, 2.75) is 11.8 Å². The van der Waals surface area contributed by atoms with Gasteiger partial charge in [0.05, 0.1) is 4.90 Å². The second-order valence-corrected chi connectivity index (χ2v) is 5.80. The van der Waals surface area contributed by atoms with Crippen LogP contribution in [0.15, 0.2) is 56.7 Å². The van der Waals surface area contributed by atoms with Gasteiger partial charge in [-0.25, -0.2) is 8.42 Å². The van der Waals surface area contributed by atoms with Gasteiger partial charge in [0.2, 0.25) is 9.84 Å². The van der Waals surface area contributed by atoms with Crippen LogP contribution in [0.25, 0.3) is 6.08 Å². The van der Waals surface area contributed by atoms with Crippen LogP contribution < -0.4 is 0 Å². The van der Waals surface area contributed by atoms with Gasteiger partial charge in [0, 0.05) is 6.08 Å². The summed E-state index contributed by atoms with van der Waals surface area (Å²) >= 11 is 0. The Kier molecular flexibility index (Phi) is 3.54. The third-order valence-electron chi connectivity index (χ3n) is 2.49. The zero-order valence-corrected chi connectivity index (χ0v) is 11.0. The van der Waals surface area contributed by atoms with Crippen LogP contribution >= 0.6 is 0 Å². The number of aryl methyl sites for hydroxylation is 1. The standard InChI is InChI=1S/C14H11NO3S/c1-11-7-8-12(18-11)9-14(10-15)19(16,17)13-5-3-2-4-6-13/h2-9H,1H3/b14-9-. The first kappa shape index (κ1) is 13.1. The van der Waals surface area contributed by atoms with E-state index in [9.17, 15) is 8.42 Å². The Hall–Kier alpha value is -2.32. The van der Waals surface area contributed by atoms with Gasteiger partial charge in [0.1, 0.15) is 17.6 Å². The molecule has 0 amide bonds. The van der Waals surface area contributed by atoms with Crippen LogP contribution in [0.4, 0.5) is 0 Å². The Morgan fingerprint density at radius 2 is 1.89 bits per heavy atom. The number of nitriles is 1. The van der Waals surface area contributed by atoms with E-state index in [0.29, 0.717) is 11.5 Å². The molecule has 0 N–H and O–H groups in total. The summed E-state index contributed by atoms with van der Waals surface area (Å²) in [4.78, 5) is -0.251. The van der Waals surface area contributed by atoms with E-state index < -0.39 is 9.84 Å². The maximum absolute atomic E-state index is 12.2. The molecular formula is C14H11NO3S. The van der Waals surface area contributed by atoms with E-state index in [2.05, 4.69) is 0 Å². The Morgan fingerprint density at radius 1 is 1.21 bits per heavy atom. The predicted molar refractivity (Wildman–Crippen MR) is 70.7 cm³/mol. The normalized spacial score (nSPS) is 12.1. The molecule has 1 aromatic heterocycles. The fraction of sp³-hybridized carbons (Fsp3) is 0.0714.